The first-order valence-corrected chi connectivity index (χ1v) is 5.04. The maximum atomic E-state index is 5.67. The van der Waals surface area contributed by atoms with Crippen LogP contribution in [-0.4, -0.2) is 25.2 Å². The van der Waals surface area contributed by atoms with Gasteiger partial charge in [0, 0.05) is 26.0 Å². The fourth-order valence-corrected chi connectivity index (χ4v) is 2.07. The summed E-state index contributed by atoms with van der Waals surface area (Å²) in [5, 5.41) is 3.38. The van der Waals surface area contributed by atoms with E-state index in [-0.39, 0.29) is 5.60 Å². The molecule has 0 bridgehead atoms. The summed E-state index contributed by atoms with van der Waals surface area (Å²) in [4.78, 5) is 4.03. The van der Waals surface area contributed by atoms with Crippen molar-refractivity contribution in [3.8, 4) is 0 Å². The molecule has 3 heteroatoms. The highest BCUT2D eigenvalue weighted by Gasteiger charge is 2.33. The van der Waals surface area contributed by atoms with Gasteiger partial charge in [-0.05, 0) is 37.1 Å². The molecule has 0 saturated carbocycles. The van der Waals surface area contributed by atoms with Gasteiger partial charge in [-0.1, -0.05) is 0 Å². The second kappa shape index (κ2) is 4.07. The van der Waals surface area contributed by atoms with E-state index in [1.807, 2.05) is 24.5 Å². The molecular weight excluding hydrogens is 176 g/mol. The topological polar surface area (TPSA) is 34.1 Å². The van der Waals surface area contributed by atoms with E-state index in [1.165, 1.54) is 5.56 Å². The zero-order chi connectivity index (χ0) is 9.86. The summed E-state index contributed by atoms with van der Waals surface area (Å²) in [5.74, 6) is 0. The van der Waals surface area contributed by atoms with Gasteiger partial charge < -0.3 is 10.1 Å². The Balaban J connectivity index is 2.27. The lowest BCUT2D eigenvalue weighted by molar-refractivity contribution is -0.0333. The van der Waals surface area contributed by atoms with Gasteiger partial charge in [0.25, 0.3) is 0 Å². The second-order valence-corrected chi connectivity index (χ2v) is 3.71. The molecule has 1 saturated heterocycles. The number of aromatic nitrogens is 1. The first-order chi connectivity index (χ1) is 6.87. The van der Waals surface area contributed by atoms with Crippen LogP contribution in [0.25, 0.3) is 0 Å². The third-order valence-electron chi connectivity index (χ3n) is 2.94. The average Bonchev–Trinajstić information content (AvgIpc) is 2.31. The van der Waals surface area contributed by atoms with Crippen LogP contribution in [0.2, 0.25) is 0 Å². The summed E-state index contributed by atoms with van der Waals surface area (Å²) >= 11 is 0. The molecule has 1 aliphatic heterocycles. The molecule has 76 valence electrons. The van der Waals surface area contributed by atoms with Gasteiger partial charge in [-0.15, -0.1) is 0 Å². The van der Waals surface area contributed by atoms with Crippen LogP contribution < -0.4 is 5.32 Å². The Morgan fingerprint density at radius 3 is 2.79 bits per heavy atom. The number of ether oxygens (including phenoxy) is 1. The normalized spacial score (nSPS) is 27.5. The Bertz CT molecular complexity index is 281. The lowest BCUT2D eigenvalue weighted by Crippen LogP contribution is -2.44. The molecule has 1 aliphatic rings. The van der Waals surface area contributed by atoms with Gasteiger partial charge in [-0.3, -0.25) is 4.98 Å². The Morgan fingerprint density at radius 1 is 1.43 bits per heavy atom. The standard InChI is InChI=1S/C11H16N2O/c1-14-11(5-2-6-13-9-11)10-3-7-12-8-4-10/h3-4,7-8,13H,2,5-6,9H2,1H3. The molecule has 14 heavy (non-hydrogen) atoms. The minimum atomic E-state index is -0.138. The van der Waals surface area contributed by atoms with Crippen LogP contribution >= 0.6 is 0 Å². The number of pyridine rings is 1. The predicted molar refractivity (Wildman–Crippen MR) is 55.0 cm³/mol. The molecule has 1 aromatic rings. The monoisotopic (exact) mass is 192 g/mol. The summed E-state index contributed by atoms with van der Waals surface area (Å²) in [7, 11) is 1.79. The molecule has 0 spiro atoms. The van der Waals surface area contributed by atoms with Gasteiger partial charge in [0.2, 0.25) is 0 Å². The number of rotatable bonds is 2. The van der Waals surface area contributed by atoms with Crippen molar-refractivity contribution in [2.75, 3.05) is 20.2 Å². The largest absolute Gasteiger partial charge is 0.372 e. The molecule has 2 rings (SSSR count). The molecular formula is C11H16N2O. The Labute approximate surface area is 84.5 Å². The summed E-state index contributed by atoms with van der Waals surface area (Å²) in [6.07, 6.45) is 5.89. The summed E-state index contributed by atoms with van der Waals surface area (Å²) in [6, 6.07) is 4.08. The average molecular weight is 192 g/mol. The minimum absolute atomic E-state index is 0.138. The van der Waals surface area contributed by atoms with Gasteiger partial charge in [-0.25, -0.2) is 0 Å². The van der Waals surface area contributed by atoms with Crippen LogP contribution in [0.3, 0.4) is 0 Å². The van der Waals surface area contributed by atoms with Crippen LogP contribution in [0.4, 0.5) is 0 Å². The predicted octanol–water partition coefficient (Wildman–Crippen LogP) is 1.31. The van der Waals surface area contributed by atoms with Gasteiger partial charge >= 0.3 is 0 Å². The van der Waals surface area contributed by atoms with Crippen LogP contribution in [-0.2, 0) is 10.3 Å². The number of piperidine rings is 1. The van der Waals surface area contributed by atoms with Gasteiger partial charge in [-0.2, -0.15) is 0 Å². The van der Waals surface area contributed by atoms with Crippen molar-refractivity contribution in [2.45, 2.75) is 18.4 Å². The van der Waals surface area contributed by atoms with Gasteiger partial charge in [0.15, 0.2) is 0 Å². The zero-order valence-electron chi connectivity index (χ0n) is 8.49. The quantitative estimate of drug-likeness (QED) is 0.767. The van der Waals surface area contributed by atoms with Crippen molar-refractivity contribution in [1.29, 1.82) is 0 Å². The van der Waals surface area contributed by atoms with E-state index in [1.54, 1.807) is 7.11 Å². The molecule has 1 atom stereocenters. The van der Waals surface area contributed by atoms with E-state index in [9.17, 15) is 0 Å². The van der Waals surface area contributed by atoms with Gasteiger partial charge in [0.05, 0.1) is 0 Å². The number of methoxy groups -OCH3 is 1. The van der Waals surface area contributed by atoms with Crippen LogP contribution in [0.15, 0.2) is 24.5 Å². The van der Waals surface area contributed by atoms with Crippen LogP contribution in [0, 0.1) is 0 Å². The summed E-state index contributed by atoms with van der Waals surface area (Å²) < 4.78 is 5.67. The second-order valence-electron chi connectivity index (χ2n) is 3.71. The van der Waals surface area contributed by atoms with E-state index < -0.39 is 0 Å². The third-order valence-corrected chi connectivity index (χ3v) is 2.94. The first-order valence-electron chi connectivity index (χ1n) is 5.04. The molecule has 0 radical (unpaired) electrons. The smallest absolute Gasteiger partial charge is 0.105 e. The van der Waals surface area contributed by atoms with E-state index in [0.717, 1.165) is 25.9 Å². The van der Waals surface area contributed by atoms with Crippen molar-refractivity contribution in [3.05, 3.63) is 30.1 Å². The van der Waals surface area contributed by atoms with Crippen molar-refractivity contribution < 1.29 is 4.74 Å². The lowest BCUT2D eigenvalue weighted by Gasteiger charge is -2.36. The zero-order valence-corrected chi connectivity index (χ0v) is 8.49. The maximum Gasteiger partial charge on any atom is 0.105 e. The number of nitrogens with zero attached hydrogens (tertiary/aromatic N) is 1. The highest BCUT2D eigenvalue weighted by molar-refractivity contribution is 5.21. The highest BCUT2D eigenvalue weighted by atomic mass is 16.5. The van der Waals surface area contributed by atoms with E-state index in [2.05, 4.69) is 10.3 Å². The van der Waals surface area contributed by atoms with Crippen molar-refractivity contribution in [2.24, 2.45) is 0 Å². The van der Waals surface area contributed by atoms with Crippen LogP contribution in [0.5, 0.6) is 0 Å². The molecule has 1 aromatic heterocycles. The van der Waals surface area contributed by atoms with E-state index in [0.29, 0.717) is 0 Å². The Kier molecular flexibility index (Phi) is 2.79. The summed E-state index contributed by atoms with van der Waals surface area (Å²) in [6.45, 7) is 1.99. The fraction of sp³-hybridized carbons (Fsp3) is 0.545. The summed E-state index contributed by atoms with van der Waals surface area (Å²) in [5.41, 5.74) is 1.09. The molecule has 1 fully saturated rings. The van der Waals surface area contributed by atoms with E-state index in [4.69, 9.17) is 4.74 Å². The Hall–Kier alpha value is -0.930. The van der Waals surface area contributed by atoms with Crippen molar-refractivity contribution in [3.63, 3.8) is 0 Å². The molecule has 0 amide bonds. The van der Waals surface area contributed by atoms with Crippen molar-refractivity contribution >= 4 is 0 Å². The lowest BCUT2D eigenvalue weighted by atomic mass is 9.87. The number of hydrogen-bond acceptors (Lipinski definition) is 3. The van der Waals surface area contributed by atoms with Crippen molar-refractivity contribution in [1.82, 2.24) is 10.3 Å². The van der Waals surface area contributed by atoms with Crippen LogP contribution in [0.1, 0.15) is 18.4 Å². The number of hydrogen-bond donors (Lipinski definition) is 1. The first kappa shape index (κ1) is 9.62. The third kappa shape index (κ3) is 1.65. The molecule has 1 unspecified atom stereocenters. The molecule has 1 N–H and O–H groups in total. The molecule has 0 aromatic carbocycles. The fourth-order valence-electron chi connectivity index (χ4n) is 2.07. The highest BCUT2D eigenvalue weighted by Crippen LogP contribution is 2.31. The van der Waals surface area contributed by atoms with E-state index >= 15 is 0 Å². The Morgan fingerprint density at radius 2 is 2.21 bits per heavy atom. The molecule has 2 heterocycles. The SMILES string of the molecule is COC1(c2ccncc2)CCCNC1. The molecule has 0 aliphatic carbocycles. The maximum absolute atomic E-state index is 5.67. The van der Waals surface area contributed by atoms with Gasteiger partial charge in [0.1, 0.15) is 5.60 Å². The molecule has 3 nitrogen and oxygen atoms in total. The minimum Gasteiger partial charge on any atom is -0.372 e. The number of nitrogens with one attached hydrogen (secondary N) is 1.